The monoisotopic (exact) mass is 1170 g/mol. The third-order valence-electron chi connectivity index (χ3n) is 12.9. The molecule has 0 spiro atoms. The maximum absolute atomic E-state index is 14.2. The van der Waals surface area contributed by atoms with Gasteiger partial charge >= 0.3 is 49.4 Å². The molecule has 81 heavy (non-hydrogen) atoms. The lowest BCUT2D eigenvalue weighted by atomic mass is 9.12. The highest BCUT2D eigenvalue weighted by Gasteiger charge is 2.47. The quantitative estimate of drug-likeness (QED) is 0.0851. The average Bonchev–Trinajstić information content (AvgIpc) is 3.35. The van der Waals surface area contributed by atoms with Crippen LogP contribution in [0, 0.1) is 6.92 Å². The Labute approximate surface area is 441 Å². The molecular formula is C55H32BF24N. The third-order valence-corrected chi connectivity index (χ3v) is 12.9. The normalized spacial score (nSPS) is 13.3. The molecule has 0 aliphatic heterocycles. The number of pyridine rings is 1. The fourth-order valence-electron chi connectivity index (χ4n) is 9.25. The van der Waals surface area contributed by atoms with Crippen molar-refractivity contribution in [3.8, 4) is 11.3 Å². The zero-order valence-corrected chi connectivity index (χ0v) is 40.4. The van der Waals surface area contributed by atoms with Crippen molar-refractivity contribution < 1.29 is 110 Å². The van der Waals surface area contributed by atoms with Gasteiger partial charge in [-0.2, -0.15) is 132 Å². The van der Waals surface area contributed by atoms with E-state index in [0.29, 0.717) is 0 Å². The number of hydrogen-bond acceptors (Lipinski definition) is 0. The van der Waals surface area contributed by atoms with Crippen molar-refractivity contribution in [3.05, 3.63) is 219 Å². The Bertz CT molecular complexity index is 3130. The van der Waals surface area contributed by atoms with Crippen LogP contribution in [0.1, 0.15) is 55.6 Å². The Morgan fingerprint density at radius 2 is 0.593 bits per heavy atom. The SMILES string of the molecule is Cc1ccc(-c2ccc3ccccc3[n+]2Cc2ccccc2)cc1.FC(F)(F)c1cc([B-](c2cc(C(F)(F)F)cc(C(F)(F)F)c2)(c2cc(C(F)(F)F)cc(C(F)(F)F)c2)c2cc(C(F)(F)F)cc(C(F)(F)F)c2)cc(C(F)(F)F)c1. The number of halogens is 24. The molecule has 8 rings (SSSR count). The first-order chi connectivity index (χ1) is 37.1. The number of hydrogen-bond donors (Lipinski definition) is 0. The lowest BCUT2D eigenvalue weighted by molar-refractivity contribution is -0.651. The maximum atomic E-state index is 14.2. The molecule has 0 saturated carbocycles. The Kier molecular flexibility index (Phi) is 16.1. The summed E-state index contributed by atoms with van der Waals surface area (Å²) in [5.74, 6) is 0. The topological polar surface area (TPSA) is 3.88 Å². The Balaban J connectivity index is 0.000000323. The van der Waals surface area contributed by atoms with Gasteiger partial charge in [-0.3, -0.25) is 0 Å². The van der Waals surface area contributed by atoms with E-state index in [1.165, 1.54) is 33.3 Å². The molecule has 0 N–H and O–H groups in total. The highest BCUT2D eigenvalue weighted by atomic mass is 19.4. The van der Waals surface area contributed by atoms with Crippen molar-refractivity contribution in [2.24, 2.45) is 0 Å². The molecule has 0 bridgehead atoms. The summed E-state index contributed by atoms with van der Waals surface area (Å²) >= 11 is 0. The van der Waals surface area contributed by atoms with Crippen molar-refractivity contribution in [2.45, 2.75) is 62.9 Å². The number of fused-ring (bicyclic) bond motifs is 1. The minimum atomic E-state index is -6.13. The Morgan fingerprint density at radius 3 is 0.889 bits per heavy atom. The fraction of sp³-hybridized carbons (Fsp3) is 0.182. The van der Waals surface area contributed by atoms with Crippen LogP contribution in [0.25, 0.3) is 22.2 Å². The van der Waals surface area contributed by atoms with Crippen LogP contribution in [0.3, 0.4) is 0 Å². The zero-order valence-electron chi connectivity index (χ0n) is 40.4. The van der Waals surface area contributed by atoms with E-state index in [2.05, 4.69) is 102 Å². The first-order valence-corrected chi connectivity index (χ1v) is 23.0. The van der Waals surface area contributed by atoms with E-state index in [-0.39, 0.29) is 0 Å². The molecule has 0 aliphatic rings. The van der Waals surface area contributed by atoms with Crippen LogP contribution in [0.4, 0.5) is 105 Å². The summed E-state index contributed by atoms with van der Waals surface area (Å²) in [4.78, 5) is 0. The smallest absolute Gasteiger partial charge is 0.194 e. The second-order valence-corrected chi connectivity index (χ2v) is 18.4. The van der Waals surface area contributed by atoms with Gasteiger partial charge in [-0.1, -0.05) is 109 Å². The summed E-state index contributed by atoms with van der Waals surface area (Å²) in [7, 11) is 0. The predicted molar refractivity (Wildman–Crippen MR) is 250 cm³/mol. The third kappa shape index (κ3) is 13.6. The number of para-hydroxylation sites is 1. The van der Waals surface area contributed by atoms with Crippen molar-refractivity contribution in [1.82, 2.24) is 0 Å². The molecular weight excluding hydrogens is 1140 g/mol. The number of nitrogens with zero attached hydrogens (tertiary/aromatic N) is 1. The Hall–Kier alpha value is -7.67. The standard InChI is InChI=1S/C32H12BF24.C23H20N/c34-25(35,36)13-1-14(26(37,38)39)6-21(5-13)33(22-7-15(27(40,41)42)2-16(8-22)28(43,44)45,23-9-17(29(46,47)48)3-18(10-23)30(49,50)51)24-11-19(31(52,53)54)4-20(12-24)32(55,56)57;1-18-11-13-21(14-12-18)23-16-15-20-9-5-6-10-22(20)24(23)17-19-7-3-2-4-8-19/h1-12H;2-16H,17H2,1H3/q-1;+1. The first-order valence-electron chi connectivity index (χ1n) is 23.0. The molecule has 428 valence electrons. The van der Waals surface area contributed by atoms with E-state index in [0.717, 1.165) is 6.54 Å². The van der Waals surface area contributed by atoms with Crippen LogP contribution in [-0.2, 0) is 56.0 Å². The second kappa shape index (κ2) is 21.3. The second-order valence-electron chi connectivity index (χ2n) is 18.4. The number of benzene rings is 7. The van der Waals surface area contributed by atoms with Crippen LogP contribution in [0.5, 0.6) is 0 Å². The summed E-state index contributed by atoms with van der Waals surface area (Å²) < 4.78 is 343. The van der Waals surface area contributed by atoms with Crippen molar-refractivity contribution in [1.29, 1.82) is 0 Å². The molecule has 0 unspecified atom stereocenters. The zero-order chi connectivity index (χ0) is 60.3. The molecule has 0 aliphatic carbocycles. The van der Waals surface area contributed by atoms with Crippen molar-refractivity contribution in [3.63, 3.8) is 0 Å². The Morgan fingerprint density at radius 1 is 0.309 bits per heavy atom. The van der Waals surface area contributed by atoms with Crippen molar-refractivity contribution in [2.75, 3.05) is 0 Å². The first kappa shape index (κ1) is 61.0. The van der Waals surface area contributed by atoms with Crippen LogP contribution in [0.15, 0.2) is 164 Å². The largest absolute Gasteiger partial charge is 0.416 e. The molecule has 0 fully saturated rings. The van der Waals surface area contributed by atoms with Gasteiger partial charge in [0.15, 0.2) is 6.54 Å². The number of rotatable bonds is 7. The summed E-state index contributed by atoms with van der Waals surface area (Å²) in [6.07, 6.45) is -54.8. The maximum Gasteiger partial charge on any atom is 0.416 e. The lowest BCUT2D eigenvalue weighted by Gasteiger charge is -2.46. The molecule has 1 nitrogen and oxygen atoms in total. The van der Waals surface area contributed by atoms with E-state index < -0.39 is 195 Å². The fourth-order valence-corrected chi connectivity index (χ4v) is 9.25. The van der Waals surface area contributed by atoms with Crippen LogP contribution < -0.4 is 26.4 Å². The average molecular weight is 1170 g/mol. The van der Waals surface area contributed by atoms with E-state index in [1.807, 2.05) is 0 Å². The van der Waals surface area contributed by atoms with E-state index >= 15 is 0 Å². The predicted octanol–water partition coefficient (Wildman–Crippen LogP) is 16.4. The summed E-state index contributed by atoms with van der Waals surface area (Å²) in [5, 5.41) is 1.27. The van der Waals surface area contributed by atoms with Gasteiger partial charge in [0, 0.05) is 28.6 Å². The van der Waals surface area contributed by atoms with Crippen LogP contribution >= 0.6 is 0 Å². The summed E-state index contributed by atoms with van der Waals surface area (Å²) in [6, 6.07) is 23.7. The van der Waals surface area contributed by atoms with Gasteiger partial charge < -0.3 is 0 Å². The molecule has 1 heterocycles. The lowest BCUT2D eigenvalue weighted by Crippen LogP contribution is -2.75. The van der Waals surface area contributed by atoms with Gasteiger partial charge in [0.2, 0.25) is 11.2 Å². The highest BCUT2D eigenvalue weighted by Crippen LogP contribution is 2.41. The number of aromatic nitrogens is 1. The molecule has 26 heteroatoms. The molecule has 8 aromatic rings. The van der Waals surface area contributed by atoms with Crippen molar-refractivity contribution >= 4 is 38.9 Å². The van der Waals surface area contributed by atoms with Gasteiger partial charge in [-0.15, -0.1) is 0 Å². The number of aryl methyl sites for hydroxylation is 1. The highest BCUT2D eigenvalue weighted by molar-refractivity contribution is 7.20. The van der Waals surface area contributed by atoms with E-state index in [9.17, 15) is 105 Å². The minimum absolute atomic E-state index is 0.691. The molecule has 0 saturated heterocycles. The molecule has 0 amide bonds. The molecule has 0 atom stereocenters. The van der Waals surface area contributed by atoms with Gasteiger partial charge in [-0.05, 0) is 55.5 Å². The van der Waals surface area contributed by atoms with Gasteiger partial charge in [0.1, 0.15) is 6.15 Å². The minimum Gasteiger partial charge on any atom is -0.194 e. The number of alkyl halides is 24. The molecule has 0 radical (unpaired) electrons. The summed E-state index contributed by atoms with van der Waals surface area (Å²) in [5.41, 5.74) is -23.8. The summed E-state index contributed by atoms with van der Waals surface area (Å²) in [6.45, 7) is 2.99. The van der Waals surface area contributed by atoms with Gasteiger partial charge in [-0.25, -0.2) is 0 Å². The van der Waals surface area contributed by atoms with Crippen LogP contribution in [-0.4, -0.2) is 6.15 Å². The van der Waals surface area contributed by atoms with Crippen LogP contribution in [0.2, 0.25) is 0 Å². The van der Waals surface area contributed by atoms with Gasteiger partial charge in [0.25, 0.3) is 0 Å². The molecule has 1 aromatic heterocycles. The van der Waals surface area contributed by atoms with E-state index in [4.69, 9.17) is 0 Å². The van der Waals surface area contributed by atoms with Gasteiger partial charge in [0.05, 0.1) is 44.5 Å². The van der Waals surface area contributed by atoms with E-state index in [1.54, 1.807) is 0 Å². The molecule has 7 aromatic carbocycles.